The molecule has 2 aliphatic heterocycles. The third-order valence-electron chi connectivity index (χ3n) is 6.20. The highest BCUT2D eigenvalue weighted by Crippen LogP contribution is 2.36. The summed E-state index contributed by atoms with van der Waals surface area (Å²) < 4.78 is 31.8. The van der Waals surface area contributed by atoms with E-state index in [1.165, 1.54) is 6.26 Å². The molecule has 1 aromatic carbocycles. The molecule has 2 aliphatic rings. The van der Waals surface area contributed by atoms with Crippen LogP contribution in [0.15, 0.2) is 44.3 Å². The molecule has 3 heterocycles. The summed E-state index contributed by atoms with van der Waals surface area (Å²) in [6.45, 7) is 3.69. The molecule has 1 aromatic heterocycles. The monoisotopic (exact) mass is 551 g/mol. The van der Waals surface area contributed by atoms with Crippen LogP contribution in [0.1, 0.15) is 35.9 Å². The highest BCUT2D eigenvalue weighted by atomic mass is 79.9. The molecule has 3 amide bonds. The van der Waals surface area contributed by atoms with Crippen LogP contribution >= 0.6 is 15.9 Å². The molecule has 34 heavy (non-hydrogen) atoms. The number of nitrogens with zero attached hydrogens (tertiary/aromatic N) is 3. The maximum Gasteiger partial charge on any atom is 0.289 e. The number of anilines is 1. The molecule has 0 spiro atoms. The number of fused-ring (bicyclic) bond motifs is 1. The van der Waals surface area contributed by atoms with Crippen LogP contribution in [0.25, 0.3) is 0 Å². The first-order chi connectivity index (χ1) is 16.2. The maximum absolute atomic E-state index is 13.1. The van der Waals surface area contributed by atoms with Crippen LogP contribution in [0.3, 0.4) is 0 Å². The first kappa shape index (κ1) is 24.5. The zero-order valence-corrected chi connectivity index (χ0v) is 21.2. The van der Waals surface area contributed by atoms with Gasteiger partial charge in [0.25, 0.3) is 5.91 Å². The molecule has 0 aliphatic carbocycles. The minimum atomic E-state index is -3.77. The first-order valence-electron chi connectivity index (χ1n) is 11.2. The molecule has 182 valence electrons. The van der Waals surface area contributed by atoms with Crippen LogP contribution in [0.2, 0.25) is 0 Å². The van der Waals surface area contributed by atoms with Crippen molar-refractivity contribution in [2.24, 2.45) is 0 Å². The van der Waals surface area contributed by atoms with Crippen molar-refractivity contribution in [3.05, 3.63) is 46.3 Å². The van der Waals surface area contributed by atoms with Crippen LogP contribution in [0, 0.1) is 0 Å². The summed E-state index contributed by atoms with van der Waals surface area (Å²) in [6, 6.07) is 6.53. The van der Waals surface area contributed by atoms with Gasteiger partial charge in [-0.05, 0) is 52.2 Å². The summed E-state index contributed by atoms with van der Waals surface area (Å²) in [5.41, 5.74) is 1.54. The van der Waals surface area contributed by atoms with Crippen molar-refractivity contribution in [3.63, 3.8) is 0 Å². The fourth-order valence-corrected chi connectivity index (χ4v) is 6.72. The van der Waals surface area contributed by atoms with Crippen molar-refractivity contribution in [1.82, 2.24) is 9.80 Å². The van der Waals surface area contributed by atoms with Crippen LogP contribution in [-0.4, -0.2) is 74.4 Å². The first-order valence-corrected chi connectivity index (χ1v) is 13.6. The van der Waals surface area contributed by atoms with Gasteiger partial charge in [-0.2, -0.15) is 0 Å². The number of benzene rings is 1. The van der Waals surface area contributed by atoms with Crippen molar-refractivity contribution < 1.29 is 27.2 Å². The fourth-order valence-electron chi connectivity index (χ4n) is 4.28. The summed E-state index contributed by atoms with van der Waals surface area (Å²) in [5, 5.41) is 0. The summed E-state index contributed by atoms with van der Waals surface area (Å²) >= 11 is 3.36. The van der Waals surface area contributed by atoms with Crippen LogP contribution in [0.4, 0.5) is 5.69 Å². The Morgan fingerprint density at radius 3 is 2.38 bits per heavy atom. The molecule has 11 heteroatoms. The zero-order valence-electron chi connectivity index (χ0n) is 18.8. The lowest BCUT2D eigenvalue weighted by Gasteiger charge is -2.34. The molecular weight excluding hydrogens is 526 g/mol. The van der Waals surface area contributed by atoms with Gasteiger partial charge in [0.05, 0.1) is 16.9 Å². The van der Waals surface area contributed by atoms with E-state index >= 15 is 0 Å². The van der Waals surface area contributed by atoms with Gasteiger partial charge in [-0.15, -0.1) is 0 Å². The lowest BCUT2D eigenvalue weighted by atomic mass is 10.2. The van der Waals surface area contributed by atoms with E-state index < -0.39 is 9.84 Å². The van der Waals surface area contributed by atoms with E-state index in [1.807, 2.05) is 0 Å². The smallest absolute Gasteiger partial charge is 0.289 e. The van der Waals surface area contributed by atoms with Crippen molar-refractivity contribution >= 4 is 49.2 Å². The maximum atomic E-state index is 13.1. The van der Waals surface area contributed by atoms with Crippen molar-refractivity contribution in [2.75, 3.05) is 43.4 Å². The number of carbonyl (C=O) groups excluding carboxylic acids is 3. The van der Waals surface area contributed by atoms with Gasteiger partial charge in [-0.25, -0.2) is 8.42 Å². The highest BCUT2D eigenvalue weighted by Gasteiger charge is 2.30. The van der Waals surface area contributed by atoms with Crippen LogP contribution < -0.4 is 4.90 Å². The SMILES string of the molecule is CCC(=O)N1CCc2cc(Br)c(S(=O)(=O)CCC(=O)N3CCN(C(=O)c4ccco4)CC3)cc21. The zero-order chi connectivity index (χ0) is 24.5. The predicted octanol–water partition coefficient (Wildman–Crippen LogP) is 2.49. The largest absolute Gasteiger partial charge is 0.459 e. The molecule has 1 saturated heterocycles. The number of halogens is 1. The summed E-state index contributed by atoms with van der Waals surface area (Å²) in [5.74, 6) is -0.629. The van der Waals surface area contributed by atoms with Crippen molar-refractivity contribution in [1.29, 1.82) is 0 Å². The minimum Gasteiger partial charge on any atom is -0.459 e. The van der Waals surface area contributed by atoms with Crippen molar-refractivity contribution in [2.45, 2.75) is 31.1 Å². The molecule has 9 nitrogen and oxygen atoms in total. The van der Waals surface area contributed by atoms with Gasteiger partial charge in [0.1, 0.15) is 0 Å². The lowest BCUT2D eigenvalue weighted by Crippen LogP contribution is -2.50. The third-order valence-corrected chi connectivity index (χ3v) is 8.87. The Morgan fingerprint density at radius 1 is 1.03 bits per heavy atom. The van der Waals surface area contributed by atoms with E-state index in [0.717, 1.165) is 5.56 Å². The summed E-state index contributed by atoms with van der Waals surface area (Å²) in [7, 11) is -3.77. The summed E-state index contributed by atoms with van der Waals surface area (Å²) in [6.07, 6.45) is 2.29. The van der Waals surface area contributed by atoms with Crippen molar-refractivity contribution in [3.8, 4) is 0 Å². The van der Waals surface area contributed by atoms with E-state index in [4.69, 9.17) is 4.42 Å². The molecular formula is C23H26BrN3O6S. The molecule has 0 radical (unpaired) electrons. The number of rotatable bonds is 6. The van der Waals surface area contributed by atoms with E-state index in [1.54, 1.807) is 45.9 Å². The second kappa shape index (κ2) is 9.91. The Morgan fingerprint density at radius 2 is 1.74 bits per heavy atom. The van der Waals surface area contributed by atoms with E-state index in [-0.39, 0.29) is 40.6 Å². The molecule has 0 bridgehead atoms. The molecule has 1 fully saturated rings. The molecule has 4 rings (SSSR count). The van der Waals surface area contributed by atoms with Crippen LogP contribution in [-0.2, 0) is 25.8 Å². The fraction of sp³-hybridized carbons (Fsp3) is 0.435. The number of amides is 3. The van der Waals surface area contributed by atoms with E-state index in [9.17, 15) is 22.8 Å². The average Bonchev–Trinajstić information content (AvgIpc) is 3.51. The second-order valence-electron chi connectivity index (χ2n) is 8.28. The predicted molar refractivity (Wildman–Crippen MR) is 128 cm³/mol. The number of furan rings is 1. The van der Waals surface area contributed by atoms with E-state index in [2.05, 4.69) is 15.9 Å². The Labute approximate surface area is 206 Å². The number of hydrogen-bond acceptors (Lipinski definition) is 6. The number of hydrogen-bond donors (Lipinski definition) is 0. The number of sulfone groups is 1. The topological polar surface area (TPSA) is 108 Å². The summed E-state index contributed by atoms with van der Waals surface area (Å²) in [4.78, 5) is 42.2. The molecule has 0 saturated carbocycles. The lowest BCUT2D eigenvalue weighted by molar-refractivity contribution is -0.132. The third kappa shape index (κ3) is 4.90. The molecule has 2 aromatic rings. The van der Waals surface area contributed by atoms with Gasteiger partial charge >= 0.3 is 0 Å². The van der Waals surface area contributed by atoms with E-state index in [0.29, 0.717) is 55.7 Å². The normalized spacial score (nSPS) is 16.0. The quantitative estimate of drug-likeness (QED) is 0.545. The highest BCUT2D eigenvalue weighted by molar-refractivity contribution is 9.10. The minimum absolute atomic E-state index is 0.0516. The van der Waals surface area contributed by atoms with Gasteiger partial charge < -0.3 is 19.1 Å². The number of piperazine rings is 1. The average molecular weight is 552 g/mol. The van der Waals surface area contributed by atoms with Gasteiger partial charge in [0, 0.05) is 55.7 Å². The Balaban J connectivity index is 1.38. The Bertz CT molecular complexity index is 1200. The van der Waals surface area contributed by atoms with Gasteiger partial charge in [-0.1, -0.05) is 6.92 Å². The molecule has 0 atom stereocenters. The Kier molecular flexibility index (Phi) is 7.13. The van der Waals surface area contributed by atoms with Gasteiger partial charge in [0.2, 0.25) is 11.8 Å². The van der Waals surface area contributed by atoms with Gasteiger partial charge in [0.15, 0.2) is 15.6 Å². The molecule has 0 N–H and O–H groups in total. The standard InChI is InChI=1S/C23H26BrN3O6S/c1-2-21(28)27-7-5-16-14-17(24)20(15-18(16)27)34(31,32)13-6-22(29)25-8-10-26(11-9-25)23(30)19-4-3-12-33-19/h3-4,12,14-15H,2,5-11,13H2,1H3. The number of carbonyl (C=O) groups is 3. The van der Waals surface area contributed by atoms with Crippen LogP contribution in [0.5, 0.6) is 0 Å². The Hall–Kier alpha value is -2.66. The molecule has 0 unspecified atom stereocenters. The van der Waals surface area contributed by atoms with Gasteiger partial charge in [-0.3, -0.25) is 14.4 Å². The second-order valence-corrected chi connectivity index (χ2v) is 11.2.